The zero-order valence-electron chi connectivity index (χ0n) is 13.4. The van der Waals surface area contributed by atoms with E-state index in [2.05, 4.69) is 18.4 Å². The molecule has 3 unspecified atom stereocenters. The van der Waals surface area contributed by atoms with Crippen molar-refractivity contribution in [2.75, 3.05) is 14.2 Å². The van der Waals surface area contributed by atoms with Gasteiger partial charge in [-0.3, -0.25) is 11.3 Å². The summed E-state index contributed by atoms with van der Waals surface area (Å²) in [5, 5.41) is 0. The maximum Gasteiger partial charge on any atom is 0.122 e. The van der Waals surface area contributed by atoms with E-state index in [1.54, 1.807) is 7.11 Å². The molecule has 21 heavy (non-hydrogen) atoms. The van der Waals surface area contributed by atoms with Gasteiger partial charge < -0.3 is 9.47 Å². The summed E-state index contributed by atoms with van der Waals surface area (Å²) in [5.41, 5.74) is 3.98. The second-order valence-electron chi connectivity index (χ2n) is 6.21. The van der Waals surface area contributed by atoms with Gasteiger partial charge in [0.1, 0.15) is 5.75 Å². The number of methoxy groups -OCH3 is 2. The highest BCUT2D eigenvalue weighted by atomic mass is 16.5. The summed E-state index contributed by atoms with van der Waals surface area (Å²) in [6.07, 6.45) is 5.38. The molecule has 118 valence electrons. The highest BCUT2D eigenvalue weighted by Crippen LogP contribution is 2.38. The van der Waals surface area contributed by atoms with Crippen molar-refractivity contribution in [1.29, 1.82) is 0 Å². The molecule has 1 aliphatic carbocycles. The van der Waals surface area contributed by atoms with Crippen molar-refractivity contribution in [2.45, 2.75) is 50.7 Å². The summed E-state index contributed by atoms with van der Waals surface area (Å²) < 4.78 is 11.4. The molecule has 0 heterocycles. The van der Waals surface area contributed by atoms with Crippen molar-refractivity contribution >= 4 is 0 Å². The minimum atomic E-state index is -0.187. The lowest BCUT2D eigenvalue weighted by atomic mass is 9.73. The Balaban J connectivity index is 2.21. The van der Waals surface area contributed by atoms with Crippen molar-refractivity contribution in [1.82, 2.24) is 5.43 Å². The Morgan fingerprint density at radius 2 is 2.14 bits per heavy atom. The fourth-order valence-electron chi connectivity index (χ4n) is 3.68. The molecule has 4 heteroatoms. The number of hydrogen-bond donors (Lipinski definition) is 2. The summed E-state index contributed by atoms with van der Waals surface area (Å²) >= 11 is 0. The minimum Gasteiger partial charge on any atom is -0.496 e. The van der Waals surface area contributed by atoms with E-state index in [0.717, 1.165) is 30.6 Å². The molecule has 3 atom stereocenters. The van der Waals surface area contributed by atoms with Gasteiger partial charge in [-0.15, -0.1) is 0 Å². The topological polar surface area (TPSA) is 56.5 Å². The van der Waals surface area contributed by atoms with Crippen molar-refractivity contribution in [3.8, 4) is 5.75 Å². The molecular formula is C17H28N2O2. The summed E-state index contributed by atoms with van der Waals surface area (Å²) in [7, 11) is 3.52. The second-order valence-corrected chi connectivity index (χ2v) is 6.21. The Bertz CT molecular complexity index is 452. The number of hydrogen-bond acceptors (Lipinski definition) is 4. The smallest absolute Gasteiger partial charge is 0.122 e. The minimum absolute atomic E-state index is 0.0848. The third kappa shape index (κ3) is 3.57. The number of benzene rings is 1. The highest BCUT2D eigenvalue weighted by molar-refractivity contribution is 5.34. The number of hydrazine groups is 1. The van der Waals surface area contributed by atoms with Crippen LogP contribution in [0.5, 0.6) is 5.75 Å². The van der Waals surface area contributed by atoms with Crippen molar-refractivity contribution in [2.24, 2.45) is 11.8 Å². The van der Waals surface area contributed by atoms with E-state index in [9.17, 15) is 0 Å². The van der Waals surface area contributed by atoms with Gasteiger partial charge in [0.25, 0.3) is 0 Å². The van der Waals surface area contributed by atoms with Crippen molar-refractivity contribution < 1.29 is 9.47 Å². The maximum absolute atomic E-state index is 5.96. The van der Waals surface area contributed by atoms with Crippen LogP contribution in [0.3, 0.4) is 0 Å². The van der Waals surface area contributed by atoms with E-state index in [-0.39, 0.29) is 11.6 Å². The highest BCUT2D eigenvalue weighted by Gasteiger charge is 2.42. The molecular weight excluding hydrogens is 264 g/mol. The molecule has 0 bridgehead atoms. The van der Waals surface area contributed by atoms with Gasteiger partial charge in [-0.25, -0.2) is 0 Å². The molecule has 0 aromatic heterocycles. The fourth-order valence-corrected chi connectivity index (χ4v) is 3.68. The van der Waals surface area contributed by atoms with E-state index < -0.39 is 0 Å². The lowest BCUT2D eigenvalue weighted by Crippen LogP contribution is -2.57. The standard InChI is InChI=1S/C17H28N2O2/c1-13-7-6-10-17(12-13,21-3)16(19-18)11-14-8-4-5-9-15(14)20-2/h4-5,8-9,13,16,19H,6-7,10-12,18H2,1-3H3. The van der Waals surface area contributed by atoms with Crippen LogP contribution in [0.1, 0.15) is 38.2 Å². The van der Waals surface area contributed by atoms with Crippen molar-refractivity contribution in [3.63, 3.8) is 0 Å². The molecule has 0 radical (unpaired) electrons. The van der Waals surface area contributed by atoms with Crippen LogP contribution in [0, 0.1) is 5.92 Å². The van der Waals surface area contributed by atoms with Crippen LogP contribution in [-0.4, -0.2) is 25.9 Å². The van der Waals surface area contributed by atoms with Gasteiger partial charge in [0.15, 0.2) is 0 Å². The summed E-state index contributed by atoms with van der Waals surface area (Å²) in [5.74, 6) is 7.46. The van der Waals surface area contributed by atoms with Crippen LogP contribution >= 0.6 is 0 Å². The predicted octanol–water partition coefficient (Wildman–Crippen LogP) is 2.66. The van der Waals surface area contributed by atoms with Crippen molar-refractivity contribution in [3.05, 3.63) is 29.8 Å². The molecule has 0 aliphatic heterocycles. The van der Waals surface area contributed by atoms with Crippen LogP contribution in [-0.2, 0) is 11.2 Å². The Morgan fingerprint density at radius 3 is 2.76 bits per heavy atom. The quantitative estimate of drug-likeness (QED) is 0.625. The van der Waals surface area contributed by atoms with Gasteiger partial charge in [-0.2, -0.15) is 0 Å². The van der Waals surface area contributed by atoms with E-state index in [1.165, 1.54) is 12.8 Å². The third-order valence-corrected chi connectivity index (χ3v) is 4.85. The monoisotopic (exact) mass is 292 g/mol. The predicted molar refractivity (Wildman–Crippen MR) is 85.2 cm³/mol. The van der Waals surface area contributed by atoms with Gasteiger partial charge in [-0.05, 0) is 36.8 Å². The zero-order chi connectivity index (χ0) is 15.3. The first-order valence-electron chi connectivity index (χ1n) is 7.78. The largest absolute Gasteiger partial charge is 0.496 e. The van der Waals surface area contributed by atoms with E-state index in [1.807, 2.05) is 25.3 Å². The van der Waals surface area contributed by atoms with E-state index in [4.69, 9.17) is 15.3 Å². The molecule has 1 aliphatic rings. The van der Waals surface area contributed by atoms with Gasteiger partial charge in [0.05, 0.1) is 18.8 Å². The molecule has 1 fully saturated rings. The molecule has 4 nitrogen and oxygen atoms in total. The molecule has 2 rings (SSSR count). The van der Waals surface area contributed by atoms with E-state index in [0.29, 0.717) is 5.92 Å². The van der Waals surface area contributed by atoms with Gasteiger partial charge in [-0.1, -0.05) is 38.0 Å². The average Bonchev–Trinajstić information content (AvgIpc) is 2.52. The molecule has 1 saturated carbocycles. The normalized spacial score (nSPS) is 27.3. The zero-order valence-corrected chi connectivity index (χ0v) is 13.4. The number of rotatable bonds is 6. The SMILES string of the molecule is COc1ccccc1CC(NN)C1(OC)CCCC(C)C1. The fraction of sp³-hybridized carbons (Fsp3) is 0.647. The Kier molecular flexibility index (Phi) is 5.62. The first-order chi connectivity index (χ1) is 10.1. The summed E-state index contributed by atoms with van der Waals surface area (Å²) in [4.78, 5) is 0. The number of para-hydroxylation sites is 1. The third-order valence-electron chi connectivity index (χ3n) is 4.85. The first-order valence-corrected chi connectivity index (χ1v) is 7.78. The molecule has 0 spiro atoms. The number of nitrogens with one attached hydrogen (secondary N) is 1. The Labute approximate surface area is 128 Å². The number of ether oxygens (including phenoxy) is 2. The van der Waals surface area contributed by atoms with Gasteiger partial charge in [0.2, 0.25) is 0 Å². The van der Waals surface area contributed by atoms with E-state index >= 15 is 0 Å². The molecule has 0 saturated heterocycles. The van der Waals surface area contributed by atoms with Crippen LogP contribution in [0.25, 0.3) is 0 Å². The Morgan fingerprint density at radius 1 is 1.38 bits per heavy atom. The van der Waals surface area contributed by atoms with Gasteiger partial charge in [0, 0.05) is 7.11 Å². The Hall–Kier alpha value is -1.10. The van der Waals surface area contributed by atoms with Crippen LogP contribution < -0.4 is 16.0 Å². The maximum atomic E-state index is 5.96. The second kappa shape index (κ2) is 7.25. The number of nitrogens with two attached hydrogens (primary N) is 1. The molecule has 0 amide bonds. The van der Waals surface area contributed by atoms with Gasteiger partial charge >= 0.3 is 0 Å². The summed E-state index contributed by atoms with van der Waals surface area (Å²) in [6.45, 7) is 2.30. The van der Waals surface area contributed by atoms with Crippen LogP contribution in [0.15, 0.2) is 24.3 Å². The van der Waals surface area contributed by atoms with Crippen LogP contribution in [0.4, 0.5) is 0 Å². The molecule has 1 aromatic rings. The summed E-state index contributed by atoms with van der Waals surface area (Å²) in [6, 6.07) is 8.20. The first kappa shape index (κ1) is 16.3. The molecule has 3 N–H and O–H groups in total. The average molecular weight is 292 g/mol. The van der Waals surface area contributed by atoms with Crippen LogP contribution in [0.2, 0.25) is 0 Å². The lowest BCUT2D eigenvalue weighted by molar-refractivity contribution is -0.0791. The lowest BCUT2D eigenvalue weighted by Gasteiger charge is -2.44. The molecule has 1 aromatic carbocycles.